The SMILES string of the molecule is CO[C@@]1(NC(=O)C(C(=O)O)c2ccc(O)cc2)C(=O)N2C(C(=O)O)=C(CSc3nnnn3Cc3nn[nH]n3)COC21. The van der Waals surface area contributed by atoms with E-state index in [1.54, 1.807) is 0 Å². The molecule has 5 N–H and O–H groups in total. The molecule has 0 spiro atoms. The number of nitrogens with one attached hydrogen (secondary N) is 2. The van der Waals surface area contributed by atoms with Crippen molar-refractivity contribution < 1.29 is 44.0 Å². The normalized spacial score (nSPS) is 20.8. The first-order chi connectivity index (χ1) is 19.7. The van der Waals surface area contributed by atoms with E-state index >= 15 is 0 Å². The number of rotatable bonds is 11. The van der Waals surface area contributed by atoms with Crippen LogP contribution in [0.4, 0.5) is 0 Å². The number of methoxy groups -OCH3 is 1. The summed E-state index contributed by atoms with van der Waals surface area (Å²) >= 11 is 1.07. The topological polar surface area (TPSA) is 261 Å². The zero-order valence-corrected chi connectivity index (χ0v) is 21.7. The van der Waals surface area contributed by atoms with Crippen molar-refractivity contribution in [1.29, 1.82) is 0 Å². The first-order valence-corrected chi connectivity index (χ1v) is 12.6. The molecule has 2 aliphatic rings. The Morgan fingerprint density at radius 2 is 2.02 bits per heavy atom. The van der Waals surface area contributed by atoms with E-state index in [1.807, 2.05) is 0 Å². The number of aromatic hydroxyl groups is 1. The molecular formula is C21H20N10O9S. The number of amides is 2. The summed E-state index contributed by atoms with van der Waals surface area (Å²) in [5.41, 5.74) is -2.33. The number of carbonyl (C=O) groups excluding carboxylic acids is 2. The van der Waals surface area contributed by atoms with Crippen molar-refractivity contribution >= 4 is 35.5 Å². The van der Waals surface area contributed by atoms with E-state index in [-0.39, 0.29) is 41.5 Å². The number of thioether (sulfide) groups is 1. The van der Waals surface area contributed by atoms with Crippen LogP contribution in [0.25, 0.3) is 0 Å². The number of phenols is 1. The van der Waals surface area contributed by atoms with Crippen LogP contribution in [-0.2, 0) is 35.2 Å². The van der Waals surface area contributed by atoms with Crippen molar-refractivity contribution in [1.82, 2.24) is 51.0 Å². The van der Waals surface area contributed by atoms with Gasteiger partial charge in [-0.15, -0.1) is 15.3 Å². The highest BCUT2D eigenvalue weighted by Crippen LogP contribution is 2.41. The number of nitrogens with zero attached hydrogens (tertiary/aromatic N) is 8. The predicted molar refractivity (Wildman–Crippen MR) is 129 cm³/mol. The Hall–Kier alpha value is -4.95. The molecule has 41 heavy (non-hydrogen) atoms. The number of carboxylic acids is 2. The largest absolute Gasteiger partial charge is 0.508 e. The van der Waals surface area contributed by atoms with Gasteiger partial charge in [-0.25, -0.2) is 9.48 Å². The van der Waals surface area contributed by atoms with E-state index in [9.17, 15) is 34.5 Å². The van der Waals surface area contributed by atoms with Crippen LogP contribution in [-0.4, -0.2) is 116 Å². The number of aromatic amines is 1. The quantitative estimate of drug-likeness (QED) is 0.0695. The molecule has 2 unspecified atom stereocenters. The lowest BCUT2D eigenvalue weighted by Crippen LogP contribution is -2.82. The smallest absolute Gasteiger partial charge is 0.352 e. The second kappa shape index (κ2) is 10.9. The van der Waals surface area contributed by atoms with Gasteiger partial charge in [0.05, 0.1) is 6.61 Å². The lowest BCUT2D eigenvalue weighted by molar-refractivity contribution is -0.258. The van der Waals surface area contributed by atoms with Crippen LogP contribution < -0.4 is 5.32 Å². The number of hydrogen-bond donors (Lipinski definition) is 5. The zero-order valence-electron chi connectivity index (χ0n) is 20.9. The molecule has 0 aliphatic carbocycles. The molecule has 0 radical (unpaired) electrons. The Labute approximate surface area is 232 Å². The average Bonchev–Trinajstić information content (AvgIpc) is 3.63. The van der Waals surface area contributed by atoms with Crippen LogP contribution in [0.5, 0.6) is 5.75 Å². The van der Waals surface area contributed by atoms with E-state index in [0.717, 1.165) is 23.8 Å². The molecular weight excluding hydrogens is 568 g/mol. The van der Waals surface area contributed by atoms with Gasteiger partial charge < -0.3 is 30.1 Å². The highest BCUT2D eigenvalue weighted by atomic mass is 32.2. The predicted octanol–water partition coefficient (Wildman–Crippen LogP) is -2.10. The number of H-pyrrole nitrogens is 1. The molecule has 2 aliphatic heterocycles. The van der Waals surface area contributed by atoms with E-state index < -0.39 is 41.6 Å². The van der Waals surface area contributed by atoms with Gasteiger partial charge >= 0.3 is 11.9 Å². The van der Waals surface area contributed by atoms with E-state index in [2.05, 4.69) is 41.5 Å². The number of aromatic nitrogens is 8. The van der Waals surface area contributed by atoms with Gasteiger partial charge in [0.15, 0.2) is 18.0 Å². The van der Waals surface area contributed by atoms with E-state index in [0.29, 0.717) is 11.0 Å². The maximum absolute atomic E-state index is 13.3. The number of β-lactam (4-membered cyclic amide) rings is 1. The molecule has 1 aromatic carbocycles. The average molecular weight is 589 g/mol. The third kappa shape index (κ3) is 4.94. The fourth-order valence-corrected chi connectivity index (χ4v) is 5.18. The maximum atomic E-state index is 13.3. The summed E-state index contributed by atoms with van der Waals surface area (Å²) < 4.78 is 12.4. The van der Waals surface area contributed by atoms with Gasteiger partial charge in [0.1, 0.15) is 18.0 Å². The number of benzene rings is 1. The molecule has 1 fully saturated rings. The zero-order chi connectivity index (χ0) is 29.3. The molecule has 4 heterocycles. The Kier molecular flexibility index (Phi) is 7.34. The number of carboxylic acid groups (broad SMARTS) is 2. The van der Waals surface area contributed by atoms with Crippen molar-refractivity contribution in [2.75, 3.05) is 19.5 Å². The highest BCUT2D eigenvalue weighted by molar-refractivity contribution is 7.99. The lowest BCUT2D eigenvalue weighted by atomic mass is 9.92. The minimum atomic E-state index is -2.18. The summed E-state index contributed by atoms with van der Waals surface area (Å²) in [4.78, 5) is 51.4. The number of phenolic OH excluding ortho intramolecular Hbond substituents is 1. The lowest BCUT2D eigenvalue weighted by Gasteiger charge is -2.55. The molecule has 5 rings (SSSR count). The fraction of sp³-hybridized carbons (Fsp3) is 0.333. The van der Waals surface area contributed by atoms with E-state index in [4.69, 9.17) is 9.47 Å². The standard InChI is InChI=1S/C21H20N10O9S/c1-39-21(22-15(33)13(16(34)35)9-2-4-11(32)5-3-9)18(38)31-14(17(36)37)10(7-40-19(21)31)8-41-20-25-28-29-30(20)6-12-23-26-27-24-12/h2-5,13,19,32H,6-8H2,1H3,(H,22,33)(H,34,35)(H,36,37)(H,23,24,26,27)/t13?,19?,21-/m0/s1. The molecule has 20 heteroatoms. The Bertz CT molecular complexity index is 1530. The molecule has 0 saturated carbocycles. The minimum Gasteiger partial charge on any atom is -0.508 e. The fourth-order valence-electron chi connectivity index (χ4n) is 4.32. The van der Waals surface area contributed by atoms with Gasteiger partial charge in [0, 0.05) is 12.9 Å². The van der Waals surface area contributed by atoms with E-state index in [1.165, 1.54) is 28.9 Å². The third-order valence-electron chi connectivity index (χ3n) is 6.23. The summed E-state index contributed by atoms with van der Waals surface area (Å²) in [5, 5.41) is 56.5. The van der Waals surface area contributed by atoms with Crippen molar-refractivity contribution in [3.8, 4) is 5.75 Å². The summed E-state index contributed by atoms with van der Waals surface area (Å²) in [6.45, 7) is -0.172. The summed E-state index contributed by atoms with van der Waals surface area (Å²) in [5.74, 6) is -6.64. The maximum Gasteiger partial charge on any atom is 0.352 e. The van der Waals surface area contributed by atoms with Crippen LogP contribution in [0.15, 0.2) is 40.7 Å². The van der Waals surface area contributed by atoms with Crippen molar-refractivity contribution in [3.05, 3.63) is 46.9 Å². The van der Waals surface area contributed by atoms with Crippen LogP contribution in [0.2, 0.25) is 0 Å². The molecule has 3 atom stereocenters. The molecule has 2 aromatic heterocycles. The summed E-state index contributed by atoms with van der Waals surface area (Å²) in [6.07, 6.45) is -1.40. The Morgan fingerprint density at radius 1 is 1.27 bits per heavy atom. The monoisotopic (exact) mass is 588 g/mol. The van der Waals surface area contributed by atoms with Crippen LogP contribution in [0.1, 0.15) is 17.3 Å². The van der Waals surface area contributed by atoms with Gasteiger partial charge in [-0.2, -0.15) is 5.21 Å². The third-order valence-corrected chi connectivity index (χ3v) is 7.28. The molecule has 2 amide bonds. The molecule has 19 nitrogen and oxygen atoms in total. The van der Waals surface area contributed by atoms with Crippen LogP contribution in [0.3, 0.4) is 0 Å². The number of tetrazole rings is 2. The summed E-state index contributed by atoms with van der Waals surface area (Å²) in [7, 11) is 1.09. The minimum absolute atomic E-state index is 0.0129. The second-order valence-electron chi connectivity index (χ2n) is 8.62. The van der Waals surface area contributed by atoms with Crippen molar-refractivity contribution in [2.45, 2.75) is 29.6 Å². The molecule has 214 valence electrons. The Balaban J connectivity index is 1.35. The van der Waals surface area contributed by atoms with Crippen LogP contribution >= 0.6 is 11.8 Å². The van der Waals surface area contributed by atoms with Crippen molar-refractivity contribution in [2.24, 2.45) is 0 Å². The number of fused-ring (bicyclic) bond motifs is 1. The molecule has 0 bridgehead atoms. The molecule has 3 aromatic rings. The number of hydrogen-bond acceptors (Lipinski definition) is 14. The first-order valence-electron chi connectivity index (χ1n) is 11.6. The van der Waals surface area contributed by atoms with Gasteiger partial charge in [-0.3, -0.25) is 19.3 Å². The van der Waals surface area contributed by atoms with Crippen LogP contribution in [0, 0.1) is 0 Å². The van der Waals surface area contributed by atoms with Gasteiger partial charge in [-0.05, 0) is 33.7 Å². The Morgan fingerprint density at radius 3 is 2.66 bits per heavy atom. The van der Waals surface area contributed by atoms with Gasteiger partial charge in [0.25, 0.3) is 11.6 Å². The number of aliphatic carboxylic acids is 2. The van der Waals surface area contributed by atoms with Crippen molar-refractivity contribution in [3.63, 3.8) is 0 Å². The van der Waals surface area contributed by atoms with Gasteiger partial charge in [-0.1, -0.05) is 29.1 Å². The number of carbonyl (C=O) groups is 4. The molecule has 1 saturated heterocycles. The second-order valence-corrected chi connectivity index (χ2v) is 9.57. The highest BCUT2D eigenvalue weighted by Gasteiger charge is 2.68. The van der Waals surface area contributed by atoms with Gasteiger partial charge in [0.2, 0.25) is 11.1 Å². The first kappa shape index (κ1) is 27.6. The number of ether oxygens (including phenoxy) is 2. The summed E-state index contributed by atoms with van der Waals surface area (Å²) in [6, 6.07) is 4.90.